The first-order valence-electron chi connectivity index (χ1n) is 7.35. The van der Waals surface area contributed by atoms with Gasteiger partial charge in [-0.1, -0.05) is 29.4 Å². The van der Waals surface area contributed by atoms with E-state index in [2.05, 4.69) is 5.16 Å². The summed E-state index contributed by atoms with van der Waals surface area (Å²) >= 11 is 0. The smallest absolute Gasteiger partial charge is 0.236 e. The number of rotatable bonds is 4. The molecule has 0 bridgehead atoms. The number of aliphatic hydroxyl groups excluding tert-OH is 2. The number of ketones is 2. The first-order chi connectivity index (χ1) is 11.5. The van der Waals surface area contributed by atoms with Crippen molar-refractivity contribution in [3.05, 3.63) is 52.2 Å². The average molecular weight is 328 g/mol. The van der Waals surface area contributed by atoms with Gasteiger partial charge in [-0.3, -0.25) is 14.5 Å². The summed E-state index contributed by atoms with van der Waals surface area (Å²) in [5, 5.41) is 23.4. The van der Waals surface area contributed by atoms with E-state index in [0.717, 1.165) is 0 Å². The molecule has 0 radical (unpaired) electrons. The molecule has 1 aliphatic rings. The topological polar surface area (TPSA) is 104 Å². The van der Waals surface area contributed by atoms with Crippen LogP contribution < -0.4 is 4.90 Å². The molecule has 0 saturated heterocycles. The molecule has 2 aromatic rings. The number of Topliss-reactive ketones (excluding diaryl/α,β-unsaturated/α-hetero) is 2. The van der Waals surface area contributed by atoms with Crippen LogP contribution >= 0.6 is 0 Å². The Morgan fingerprint density at radius 1 is 1.08 bits per heavy atom. The van der Waals surface area contributed by atoms with E-state index >= 15 is 0 Å². The number of aliphatic hydroxyl groups is 2. The van der Waals surface area contributed by atoms with E-state index in [9.17, 15) is 19.8 Å². The molecule has 0 saturated carbocycles. The zero-order valence-electron chi connectivity index (χ0n) is 13.2. The summed E-state index contributed by atoms with van der Waals surface area (Å²) in [5.74, 6) is -1.21. The predicted octanol–water partition coefficient (Wildman–Crippen LogP) is 1.22. The molecule has 0 unspecified atom stereocenters. The Morgan fingerprint density at radius 2 is 1.75 bits per heavy atom. The fraction of sp³-hybridized carbons (Fsp3) is 0.235. The molecule has 2 N–H and O–H groups in total. The summed E-state index contributed by atoms with van der Waals surface area (Å²) in [4.78, 5) is 25.9. The number of fused-ring (bicyclic) bond motifs is 1. The van der Waals surface area contributed by atoms with E-state index in [0.29, 0.717) is 16.8 Å². The summed E-state index contributed by atoms with van der Waals surface area (Å²) in [7, 11) is 0. The fourth-order valence-electron chi connectivity index (χ4n) is 2.76. The Kier molecular flexibility index (Phi) is 4.04. The van der Waals surface area contributed by atoms with Gasteiger partial charge in [0, 0.05) is 16.7 Å². The molecule has 7 nitrogen and oxygen atoms in total. The van der Waals surface area contributed by atoms with E-state index in [4.69, 9.17) is 4.52 Å². The van der Waals surface area contributed by atoms with Crippen LogP contribution in [0.25, 0.3) is 5.70 Å². The minimum atomic E-state index is -0.793. The summed E-state index contributed by atoms with van der Waals surface area (Å²) in [5.41, 5.74) is 2.17. The molecule has 0 fully saturated rings. The molecule has 3 rings (SSSR count). The maximum atomic E-state index is 12.3. The fourth-order valence-corrected chi connectivity index (χ4v) is 2.76. The van der Waals surface area contributed by atoms with Gasteiger partial charge < -0.3 is 14.7 Å². The number of aromatic nitrogens is 1. The molecule has 1 aliphatic carbocycles. The normalized spacial score (nSPS) is 14.2. The first-order valence-corrected chi connectivity index (χ1v) is 7.35. The van der Waals surface area contributed by atoms with Gasteiger partial charge in [0.25, 0.3) is 0 Å². The molecule has 0 amide bonds. The number of nitrogens with zero attached hydrogens (tertiary/aromatic N) is 2. The van der Waals surface area contributed by atoms with Crippen molar-refractivity contribution in [2.45, 2.75) is 13.8 Å². The third-order valence-electron chi connectivity index (χ3n) is 4.14. The Bertz CT molecular complexity index is 866. The van der Waals surface area contributed by atoms with Gasteiger partial charge in [-0.2, -0.15) is 0 Å². The largest absolute Gasteiger partial charge is 0.391 e. The molecular formula is C17H16N2O5. The summed E-state index contributed by atoms with van der Waals surface area (Å²) in [6.07, 6.45) is 0. The number of hydrogen-bond donors (Lipinski definition) is 2. The van der Waals surface area contributed by atoms with E-state index in [1.807, 2.05) is 0 Å². The van der Waals surface area contributed by atoms with Gasteiger partial charge in [-0.25, -0.2) is 0 Å². The van der Waals surface area contributed by atoms with Crippen molar-refractivity contribution < 1.29 is 24.3 Å². The minimum absolute atomic E-state index is 0.0822. The van der Waals surface area contributed by atoms with Crippen molar-refractivity contribution in [1.29, 1.82) is 0 Å². The molecular weight excluding hydrogens is 312 g/mol. The van der Waals surface area contributed by atoms with Crippen LogP contribution in [0.4, 0.5) is 5.88 Å². The number of anilines is 1. The van der Waals surface area contributed by atoms with Crippen molar-refractivity contribution >= 4 is 23.1 Å². The maximum absolute atomic E-state index is 12.3. The lowest BCUT2D eigenvalue weighted by molar-refractivity contribution is -0.112. The highest BCUT2D eigenvalue weighted by Crippen LogP contribution is 2.36. The van der Waals surface area contributed by atoms with Crippen LogP contribution in [-0.4, -0.2) is 40.3 Å². The number of benzene rings is 1. The van der Waals surface area contributed by atoms with E-state index in [1.54, 1.807) is 32.0 Å². The quantitative estimate of drug-likeness (QED) is 0.642. The molecule has 0 atom stereocenters. The van der Waals surface area contributed by atoms with Crippen molar-refractivity contribution in [1.82, 2.24) is 5.16 Å². The van der Waals surface area contributed by atoms with Gasteiger partial charge in [-0.15, -0.1) is 0 Å². The zero-order valence-corrected chi connectivity index (χ0v) is 13.2. The number of hydrogen-bond acceptors (Lipinski definition) is 7. The second kappa shape index (κ2) is 6.03. The molecule has 124 valence electrons. The second-order valence-electron chi connectivity index (χ2n) is 5.46. The summed E-state index contributed by atoms with van der Waals surface area (Å²) in [6, 6.07) is 6.56. The molecule has 0 spiro atoms. The highest BCUT2D eigenvalue weighted by Gasteiger charge is 2.36. The highest BCUT2D eigenvalue weighted by atomic mass is 16.5. The number of carbonyl (C=O) groups excluding carboxylic acids is 2. The molecule has 24 heavy (non-hydrogen) atoms. The maximum Gasteiger partial charge on any atom is 0.236 e. The van der Waals surface area contributed by atoms with Crippen LogP contribution in [0.5, 0.6) is 0 Å². The summed E-state index contributed by atoms with van der Waals surface area (Å²) in [6.45, 7) is 2.38. The lowest BCUT2D eigenvalue weighted by Crippen LogP contribution is -2.33. The monoisotopic (exact) mass is 328 g/mol. The van der Waals surface area contributed by atoms with Crippen molar-refractivity contribution in [3.8, 4) is 0 Å². The predicted molar refractivity (Wildman–Crippen MR) is 85.3 cm³/mol. The second-order valence-corrected chi connectivity index (χ2v) is 5.46. The van der Waals surface area contributed by atoms with Crippen LogP contribution in [0.3, 0.4) is 0 Å². The highest BCUT2D eigenvalue weighted by molar-refractivity contribution is 6.52. The lowest BCUT2D eigenvalue weighted by atomic mass is 9.87. The molecule has 0 aliphatic heterocycles. The van der Waals surface area contributed by atoms with Gasteiger partial charge in [0.05, 0.1) is 23.6 Å². The number of carbonyl (C=O) groups is 2. The molecule has 7 heteroatoms. The Morgan fingerprint density at radius 3 is 2.29 bits per heavy atom. The standard InChI is InChI=1S/C17H16N2O5/c1-9-10(2)18-24-17(9)19(8-21)14-11-5-3-4-6-12(11)15(22)16(23)13(14)7-20/h3-6,20-21H,7-8H2,1-2H3. The van der Waals surface area contributed by atoms with Gasteiger partial charge in [0.1, 0.15) is 6.73 Å². The molecule has 1 aromatic heterocycles. The third-order valence-corrected chi connectivity index (χ3v) is 4.14. The zero-order chi connectivity index (χ0) is 17.4. The molecule has 1 aromatic carbocycles. The SMILES string of the molecule is Cc1noc(N(CO)C2=C(CO)C(=O)C(=O)c3ccccc32)c1C. The summed E-state index contributed by atoms with van der Waals surface area (Å²) < 4.78 is 5.28. The number of aryl methyl sites for hydroxylation is 1. The van der Waals surface area contributed by atoms with Gasteiger partial charge >= 0.3 is 0 Å². The third kappa shape index (κ3) is 2.26. The van der Waals surface area contributed by atoms with E-state index < -0.39 is 24.9 Å². The van der Waals surface area contributed by atoms with Crippen LogP contribution in [0.1, 0.15) is 27.2 Å². The minimum Gasteiger partial charge on any atom is -0.391 e. The van der Waals surface area contributed by atoms with Gasteiger partial charge in [-0.05, 0) is 13.8 Å². The van der Waals surface area contributed by atoms with Gasteiger partial charge in [0.2, 0.25) is 17.5 Å². The Hall–Kier alpha value is -2.77. The van der Waals surface area contributed by atoms with Crippen LogP contribution in [0.2, 0.25) is 0 Å². The molecule has 1 heterocycles. The lowest BCUT2D eigenvalue weighted by Gasteiger charge is -2.29. The van der Waals surface area contributed by atoms with Crippen molar-refractivity contribution in [2.24, 2.45) is 0 Å². The van der Waals surface area contributed by atoms with Gasteiger partial charge in [0.15, 0.2) is 0 Å². The van der Waals surface area contributed by atoms with Crippen LogP contribution in [-0.2, 0) is 4.79 Å². The Balaban J connectivity index is 2.29. The average Bonchev–Trinajstić information content (AvgIpc) is 2.92. The van der Waals surface area contributed by atoms with Crippen molar-refractivity contribution in [3.63, 3.8) is 0 Å². The van der Waals surface area contributed by atoms with Crippen molar-refractivity contribution in [2.75, 3.05) is 18.2 Å². The van der Waals surface area contributed by atoms with Crippen LogP contribution in [0.15, 0.2) is 34.4 Å². The Labute approximate surface area is 137 Å². The van der Waals surface area contributed by atoms with E-state index in [1.165, 1.54) is 11.0 Å². The van der Waals surface area contributed by atoms with Crippen LogP contribution in [0, 0.1) is 13.8 Å². The first kappa shape index (κ1) is 16.1. The van der Waals surface area contributed by atoms with E-state index in [-0.39, 0.29) is 22.7 Å².